The molecule has 0 bridgehead atoms. The van der Waals surface area contributed by atoms with Gasteiger partial charge in [-0.1, -0.05) is 20.3 Å². The maximum Gasteiger partial charge on any atom is 0.0194 e. The van der Waals surface area contributed by atoms with Gasteiger partial charge in [-0.3, -0.25) is 4.90 Å². The third-order valence-corrected chi connectivity index (χ3v) is 4.48. The van der Waals surface area contributed by atoms with Crippen LogP contribution < -0.4 is 5.32 Å². The van der Waals surface area contributed by atoms with Crippen molar-refractivity contribution in [2.75, 3.05) is 45.8 Å². The average Bonchev–Trinajstić information content (AvgIpc) is 3.22. The number of rotatable bonds is 9. The van der Waals surface area contributed by atoms with Gasteiger partial charge in [0.1, 0.15) is 0 Å². The Morgan fingerprint density at radius 2 is 1.68 bits per heavy atom. The molecule has 2 rings (SSSR count). The molecule has 1 N–H and O–H groups in total. The molecule has 19 heavy (non-hydrogen) atoms. The lowest BCUT2D eigenvalue weighted by Crippen LogP contribution is -2.51. The van der Waals surface area contributed by atoms with Gasteiger partial charge in [0.2, 0.25) is 0 Å². The first-order valence-corrected chi connectivity index (χ1v) is 8.50. The molecule has 3 heteroatoms. The molecular weight excluding hydrogens is 234 g/mol. The van der Waals surface area contributed by atoms with Crippen LogP contribution in [0.1, 0.15) is 46.0 Å². The molecule has 0 amide bonds. The highest BCUT2D eigenvalue weighted by molar-refractivity contribution is 4.82. The topological polar surface area (TPSA) is 18.5 Å². The van der Waals surface area contributed by atoms with Gasteiger partial charge in [-0.25, -0.2) is 0 Å². The Morgan fingerprint density at radius 3 is 2.26 bits per heavy atom. The van der Waals surface area contributed by atoms with E-state index in [1.807, 2.05) is 0 Å². The average molecular weight is 267 g/mol. The Morgan fingerprint density at radius 1 is 1.00 bits per heavy atom. The fourth-order valence-corrected chi connectivity index (χ4v) is 3.09. The molecule has 112 valence electrons. The minimum atomic E-state index is 0.708. The lowest BCUT2D eigenvalue weighted by molar-refractivity contribution is 0.118. The zero-order chi connectivity index (χ0) is 13.5. The lowest BCUT2D eigenvalue weighted by Gasteiger charge is -2.36. The Labute approximate surface area is 119 Å². The summed E-state index contributed by atoms with van der Waals surface area (Å²) in [6, 6.07) is 0.708. The third-order valence-electron chi connectivity index (χ3n) is 4.48. The molecule has 0 aromatic rings. The van der Waals surface area contributed by atoms with Gasteiger partial charge in [0, 0.05) is 45.3 Å². The summed E-state index contributed by atoms with van der Waals surface area (Å²) in [5.41, 5.74) is 0. The third kappa shape index (κ3) is 5.80. The fourth-order valence-electron chi connectivity index (χ4n) is 3.09. The Hall–Kier alpha value is -0.120. The minimum Gasteiger partial charge on any atom is -0.313 e. The van der Waals surface area contributed by atoms with E-state index in [-0.39, 0.29) is 0 Å². The summed E-state index contributed by atoms with van der Waals surface area (Å²) < 4.78 is 0. The predicted octanol–water partition coefficient (Wildman–Crippen LogP) is 2.18. The van der Waals surface area contributed by atoms with Crippen molar-refractivity contribution in [3.8, 4) is 0 Å². The van der Waals surface area contributed by atoms with Crippen molar-refractivity contribution < 1.29 is 0 Å². The predicted molar refractivity (Wildman–Crippen MR) is 82.6 cm³/mol. The van der Waals surface area contributed by atoms with Crippen LogP contribution in [0, 0.1) is 5.92 Å². The molecular formula is C16H33N3. The second-order valence-corrected chi connectivity index (χ2v) is 6.48. The van der Waals surface area contributed by atoms with Crippen molar-refractivity contribution in [1.29, 1.82) is 0 Å². The summed E-state index contributed by atoms with van der Waals surface area (Å²) in [5, 5.41) is 3.72. The van der Waals surface area contributed by atoms with E-state index in [9.17, 15) is 0 Å². The number of hydrogen-bond donors (Lipinski definition) is 1. The van der Waals surface area contributed by atoms with Crippen LogP contribution in [0.15, 0.2) is 0 Å². The van der Waals surface area contributed by atoms with E-state index in [2.05, 4.69) is 29.0 Å². The highest BCUT2D eigenvalue weighted by Gasteiger charge is 2.26. The summed E-state index contributed by atoms with van der Waals surface area (Å²) >= 11 is 0. The van der Waals surface area contributed by atoms with Crippen LogP contribution in [-0.2, 0) is 0 Å². The highest BCUT2D eigenvalue weighted by atomic mass is 15.3. The fraction of sp³-hybridized carbons (Fsp3) is 1.00. The number of hydrogen-bond acceptors (Lipinski definition) is 3. The first-order valence-electron chi connectivity index (χ1n) is 8.50. The van der Waals surface area contributed by atoms with Gasteiger partial charge in [-0.05, 0) is 38.1 Å². The Balaban J connectivity index is 1.63. The molecule has 0 radical (unpaired) electrons. The van der Waals surface area contributed by atoms with Crippen LogP contribution in [0.25, 0.3) is 0 Å². The first kappa shape index (κ1) is 15.3. The van der Waals surface area contributed by atoms with Crippen molar-refractivity contribution in [1.82, 2.24) is 15.1 Å². The molecule has 1 unspecified atom stereocenters. The van der Waals surface area contributed by atoms with E-state index in [0.29, 0.717) is 6.04 Å². The van der Waals surface area contributed by atoms with Crippen LogP contribution in [0.2, 0.25) is 0 Å². The van der Waals surface area contributed by atoms with Gasteiger partial charge in [-0.2, -0.15) is 0 Å². The molecule has 0 aromatic carbocycles. The van der Waals surface area contributed by atoms with Gasteiger partial charge in [0.15, 0.2) is 0 Å². The van der Waals surface area contributed by atoms with E-state index in [1.165, 1.54) is 77.9 Å². The van der Waals surface area contributed by atoms with Crippen LogP contribution in [0.4, 0.5) is 0 Å². The summed E-state index contributed by atoms with van der Waals surface area (Å²) in [4.78, 5) is 5.36. The molecule has 1 heterocycles. The van der Waals surface area contributed by atoms with E-state index >= 15 is 0 Å². The number of piperazine rings is 1. The van der Waals surface area contributed by atoms with Crippen LogP contribution in [0.5, 0.6) is 0 Å². The monoisotopic (exact) mass is 267 g/mol. The van der Waals surface area contributed by atoms with Gasteiger partial charge in [-0.15, -0.1) is 0 Å². The number of nitrogens with zero attached hydrogens (tertiary/aromatic N) is 2. The maximum atomic E-state index is 3.72. The highest BCUT2D eigenvalue weighted by Crippen LogP contribution is 2.29. The van der Waals surface area contributed by atoms with Gasteiger partial charge in [0.25, 0.3) is 0 Å². The van der Waals surface area contributed by atoms with Crippen LogP contribution in [-0.4, -0.2) is 61.7 Å². The van der Waals surface area contributed by atoms with E-state index in [4.69, 9.17) is 0 Å². The Bertz CT molecular complexity index is 232. The van der Waals surface area contributed by atoms with E-state index < -0.39 is 0 Å². The molecule has 0 spiro atoms. The zero-order valence-corrected chi connectivity index (χ0v) is 13.0. The molecule has 2 aliphatic rings. The standard InChI is InChI=1S/C16H33N3/c1-3-5-16(17-8-4-2)14-19-11-9-18(10-12-19)13-15-6-7-15/h15-17H,3-14H2,1-2H3. The maximum absolute atomic E-state index is 3.72. The minimum absolute atomic E-state index is 0.708. The van der Waals surface area contributed by atoms with Gasteiger partial charge >= 0.3 is 0 Å². The van der Waals surface area contributed by atoms with Crippen molar-refractivity contribution in [2.24, 2.45) is 5.92 Å². The van der Waals surface area contributed by atoms with E-state index in [0.717, 1.165) is 5.92 Å². The molecule has 1 saturated carbocycles. The van der Waals surface area contributed by atoms with Crippen LogP contribution >= 0.6 is 0 Å². The normalized spacial score (nSPS) is 23.7. The molecule has 2 fully saturated rings. The Kier molecular flexibility index (Phi) is 6.62. The molecule has 1 aliphatic carbocycles. The summed E-state index contributed by atoms with van der Waals surface area (Å²) in [5.74, 6) is 1.05. The second-order valence-electron chi connectivity index (χ2n) is 6.48. The second kappa shape index (κ2) is 8.23. The quantitative estimate of drug-likeness (QED) is 0.691. The molecule has 1 saturated heterocycles. The first-order chi connectivity index (χ1) is 9.31. The smallest absolute Gasteiger partial charge is 0.0194 e. The van der Waals surface area contributed by atoms with Crippen molar-refractivity contribution in [3.63, 3.8) is 0 Å². The molecule has 3 nitrogen and oxygen atoms in total. The van der Waals surface area contributed by atoms with Crippen molar-refractivity contribution >= 4 is 0 Å². The zero-order valence-electron chi connectivity index (χ0n) is 13.0. The summed E-state index contributed by atoms with van der Waals surface area (Å²) in [6.45, 7) is 13.5. The van der Waals surface area contributed by atoms with Crippen molar-refractivity contribution in [3.05, 3.63) is 0 Å². The largest absolute Gasteiger partial charge is 0.313 e. The summed E-state index contributed by atoms with van der Waals surface area (Å²) in [6.07, 6.45) is 6.83. The summed E-state index contributed by atoms with van der Waals surface area (Å²) in [7, 11) is 0. The van der Waals surface area contributed by atoms with Gasteiger partial charge < -0.3 is 10.2 Å². The molecule has 1 atom stereocenters. The van der Waals surface area contributed by atoms with Crippen LogP contribution in [0.3, 0.4) is 0 Å². The number of nitrogens with one attached hydrogen (secondary N) is 1. The molecule has 0 aromatic heterocycles. The SMILES string of the molecule is CCCNC(CCC)CN1CCN(CC2CC2)CC1. The van der Waals surface area contributed by atoms with Gasteiger partial charge in [0.05, 0.1) is 0 Å². The molecule has 1 aliphatic heterocycles. The van der Waals surface area contributed by atoms with Crippen molar-refractivity contribution in [2.45, 2.75) is 52.0 Å². The van der Waals surface area contributed by atoms with E-state index in [1.54, 1.807) is 0 Å². The lowest BCUT2D eigenvalue weighted by atomic mass is 10.1.